The van der Waals surface area contributed by atoms with Gasteiger partial charge in [-0.1, -0.05) is 18.2 Å². The molecule has 1 rings (SSSR count). The van der Waals surface area contributed by atoms with Crippen LogP contribution in [0.4, 0.5) is 0 Å². The van der Waals surface area contributed by atoms with Crippen LogP contribution in [0.15, 0.2) is 32.9 Å². The summed E-state index contributed by atoms with van der Waals surface area (Å²) in [6.45, 7) is 4.83. The van der Waals surface area contributed by atoms with Gasteiger partial charge >= 0.3 is 0 Å². The minimum absolute atomic E-state index is 0.169. The summed E-state index contributed by atoms with van der Waals surface area (Å²) >= 11 is 0. The molecule has 0 spiro atoms. The molecule has 0 fully saturated rings. The van der Waals surface area contributed by atoms with Crippen molar-refractivity contribution in [2.45, 2.75) is 26.7 Å². The highest BCUT2D eigenvalue weighted by molar-refractivity contribution is 6.02. The first-order valence-corrected chi connectivity index (χ1v) is 5.08. The standard InChI is InChI=1S/C11H17N3O/c1-3-4-10(11(12)14-15)8(2)9-5-6-13-7-9/h4,7,15H,3,5-6H2,1-2H3,(H2,12,14)/b9-8-,10-4+. The molecule has 15 heavy (non-hydrogen) atoms. The Bertz CT molecular complexity index is 351. The highest BCUT2D eigenvalue weighted by Gasteiger charge is 2.11. The van der Waals surface area contributed by atoms with E-state index in [4.69, 9.17) is 10.9 Å². The molecule has 0 bridgehead atoms. The molecule has 0 radical (unpaired) electrons. The Labute approximate surface area is 89.9 Å². The summed E-state index contributed by atoms with van der Waals surface area (Å²) in [5, 5.41) is 11.7. The molecule has 0 aliphatic carbocycles. The monoisotopic (exact) mass is 207 g/mol. The zero-order chi connectivity index (χ0) is 11.3. The molecule has 0 amide bonds. The predicted octanol–water partition coefficient (Wildman–Crippen LogP) is 1.86. The van der Waals surface area contributed by atoms with Crippen molar-refractivity contribution in [3.63, 3.8) is 0 Å². The Hall–Kier alpha value is -1.58. The fraction of sp³-hybridized carbons (Fsp3) is 0.455. The number of nitrogens with zero attached hydrogens (tertiary/aromatic N) is 2. The Balaban J connectivity index is 3.05. The van der Waals surface area contributed by atoms with Gasteiger partial charge in [0.2, 0.25) is 0 Å². The highest BCUT2D eigenvalue weighted by Crippen LogP contribution is 2.19. The summed E-state index contributed by atoms with van der Waals surface area (Å²) in [4.78, 5) is 4.16. The Kier molecular flexibility index (Phi) is 4.09. The maximum atomic E-state index is 8.69. The molecule has 3 N–H and O–H groups in total. The van der Waals surface area contributed by atoms with Crippen LogP contribution in [0.1, 0.15) is 26.7 Å². The molecule has 0 saturated heterocycles. The lowest BCUT2D eigenvalue weighted by Gasteiger charge is -2.08. The molecule has 4 heteroatoms. The van der Waals surface area contributed by atoms with E-state index in [0.29, 0.717) is 0 Å². The number of nitrogens with two attached hydrogens (primary N) is 1. The number of hydrogen-bond donors (Lipinski definition) is 2. The molecular formula is C11H17N3O. The van der Waals surface area contributed by atoms with Crippen molar-refractivity contribution in [3.8, 4) is 0 Å². The molecule has 1 aliphatic heterocycles. The number of rotatable bonds is 3. The van der Waals surface area contributed by atoms with E-state index in [1.807, 2.05) is 26.1 Å². The van der Waals surface area contributed by atoms with E-state index < -0.39 is 0 Å². The molecule has 82 valence electrons. The van der Waals surface area contributed by atoms with Gasteiger partial charge in [0.05, 0.1) is 0 Å². The molecule has 0 aromatic carbocycles. The van der Waals surface area contributed by atoms with Crippen LogP contribution in [-0.2, 0) is 0 Å². The Morgan fingerprint density at radius 3 is 2.93 bits per heavy atom. The summed E-state index contributed by atoms with van der Waals surface area (Å²) in [5.74, 6) is 0.169. The Morgan fingerprint density at radius 2 is 2.47 bits per heavy atom. The molecule has 1 heterocycles. The van der Waals surface area contributed by atoms with Gasteiger partial charge in [-0.15, -0.1) is 0 Å². The van der Waals surface area contributed by atoms with E-state index in [0.717, 1.165) is 30.5 Å². The van der Waals surface area contributed by atoms with Crippen molar-refractivity contribution in [3.05, 3.63) is 22.8 Å². The number of allylic oxidation sites excluding steroid dienone is 1. The van der Waals surface area contributed by atoms with Gasteiger partial charge in [0.1, 0.15) is 0 Å². The number of hydrogen-bond acceptors (Lipinski definition) is 3. The SMILES string of the molecule is CC/C=C(C(N)=NO)\C(C)=C1/C=NCC1. The number of amidine groups is 1. The van der Waals surface area contributed by atoms with Crippen LogP contribution in [-0.4, -0.2) is 23.8 Å². The quantitative estimate of drug-likeness (QED) is 0.321. The highest BCUT2D eigenvalue weighted by atomic mass is 16.4. The minimum atomic E-state index is 0.169. The first-order chi connectivity index (χ1) is 7.20. The Morgan fingerprint density at radius 1 is 1.73 bits per heavy atom. The zero-order valence-corrected chi connectivity index (χ0v) is 9.20. The fourth-order valence-electron chi connectivity index (χ4n) is 1.59. The molecule has 0 aromatic rings. The summed E-state index contributed by atoms with van der Waals surface area (Å²) in [6, 6.07) is 0. The van der Waals surface area contributed by atoms with E-state index in [1.54, 1.807) is 0 Å². The first-order valence-electron chi connectivity index (χ1n) is 5.08. The van der Waals surface area contributed by atoms with Crippen molar-refractivity contribution in [1.82, 2.24) is 0 Å². The number of aliphatic imine (C=N–C) groups is 1. The second kappa shape index (κ2) is 5.34. The molecule has 4 nitrogen and oxygen atoms in total. The molecular weight excluding hydrogens is 190 g/mol. The van der Waals surface area contributed by atoms with Crippen LogP contribution in [0, 0.1) is 0 Å². The van der Waals surface area contributed by atoms with Crippen LogP contribution in [0.5, 0.6) is 0 Å². The third-order valence-electron chi connectivity index (χ3n) is 2.43. The van der Waals surface area contributed by atoms with Gasteiger partial charge in [0, 0.05) is 18.3 Å². The van der Waals surface area contributed by atoms with E-state index in [2.05, 4.69) is 10.1 Å². The summed E-state index contributed by atoms with van der Waals surface area (Å²) in [6.07, 6.45) is 5.62. The maximum Gasteiger partial charge on any atom is 0.170 e. The van der Waals surface area contributed by atoms with Crippen LogP contribution >= 0.6 is 0 Å². The lowest BCUT2D eigenvalue weighted by molar-refractivity contribution is 0.318. The number of oxime groups is 1. The molecule has 1 aliphatic rings. The normalized spacial score (nSPS) is 20.9. The van der Waals surface area contributed by atoms with Gasteiger partial charge in [-0.25, -0.2) is 0 Å². The van der Waals surface area contributed by atoms with E-state index in [9.17, 15) is 0 Å². The maximum absolute atomic E-state index is 8.69. The summed E-state index contributed by atoms with van der Waals surface area (Å²) < 4.78 is 0. The second-order valence-electron chi connectivity index (χ2n) is 3.45. The smallest absolute Gasteiger partial charge is 0.170 e. The van der Waals surface area contributed by atoms with Gasteiger partial charge in [0.25, 0.3) is 0 Å². The molecule has 0 unspecified atom stereocenters. The molecule has 0 saturated carbocycles. The van der Waals surface area contributed by atoms with E-state index in [1.165, 1.54) is 5.57 Å². The minimum Gasteiger partial charge on any atom is -0.409 e. The van der Waals surface area contributed by atoms with Crippen molar-refractivity contribution < 1.29 is 5.21 Å². The third-order valence-corrected chi connectivity index (χ3v) is 2.43. The van der Waals surface area contributed by atoms with Gasteiger partial charge in [0.15, 0.2) is 5.84 Å². The van der Waals surface area contributed by atoms with Crippen LogP contribution in [0.3, 0.4) is 0 Å². The van der Waals surface area contributed by atoms with Gasteiger partial charge < -0.3 is 10.9 Å². The van der Waals surface area contributed by atoms with Crippen molar-refractivity contribution in [1.29, 1.82) is 0 Å². The average molecular weight is 207 g/mol. The second-order valence-corrected chi connectivity index (χ2v) is 3.45. The van der Waals surface area contributed by atoms with Gasteiger partial charge in [-0.3, -0.25) is 4.99 Å². The van der Waals surface area contributed by atoms with Crippen LogP contribution in [0.2, 0.25) is 0 Å². The largest absolute Gasteiger partial charge is 0.409 e. The van der Waals surface area contributed by atoms with Crippen molar-refractivity contribution >= 4 is 12.1 Å². The van der Waals surface area contributed by atoms with Crippen LogP contribution in [0.25, 0.3) is 0 Å². The fourth-order valence-corrected chi connectivity index (χ4v) is 1.59. The van der Waals surface area contributed by atoms with Crippen molar-refractivity contribution in [2.75, 3.05) is 6.54 Å². The predicted molar refractivity (Wildman–Crippen MR) is 62.5 cm³/mol. The summed E-state index contributed by atoms with van der Waals surface area (Å²) in [5.41, 5.74) is 8.65. The van der Waals surface area contributed by atoms with Crippen LogP contribution < -0.4 is 5.73 Å². The lowest BCUT2D eigenvalue weighted by atomic mass is 9.99. The van der Waals surface area contributed by atoms with Gasteiger partial charge in [-0.05, 0) is 30.9 Å². The van der Waals surface area contributed by atoms with E-state index >= 15 is 0 Å². The van der Waals surface area contributed by atoms with Crippen molar-refractivity contribution in [2.24, 2.45) is 15.9 Å². The average Bonchev–Trinajstić information content (AvgIpc) is 2.77. The molecule has 0 aromatic heterocycles. The topological polar surface area (TPSA) is 71.0 Å². The van der Waals surface area contributed by atoms with E-state index in [-0.39, 0.29) is 5.84 Å². The zero-order valence-electron chi connectivity index (χ0n) is 9.20. The third kappa shape index (κ3) is 2.68. The first kappa shape index (κ1) is 11.5. The molecule has 0 atom stereocenters. The lowest BCUT2D eigenvalue weighted by Crippen LogP contribution is -2.16. The van der Waals surface area contributed by atoms with Gasteiger partial charge in [-0.2, -0.15) is 0 Å². The summed E-state index contributed by atoms with van der Waals surface area (Å²) in [7, 11) is 0.